The van der Waals surface area contributed by atoms with Gasteiger partial charge in [-0.25, -0.2) is 0 Å². The second-order valence-electron chi connectivity index (χ2n) is 5.61. The van der Waals surface area contributed by atoms with Crippen molar-refractivity contribution in [3.05, 3.63) is 60.2 Å². The van der Waals surface area contributed by atoms with Crippen LogP contribution in [0.4, 0.5) is 0 Å². The molecule has 0 fully saturated rings. The monoisotopic (exact) mass is 298 g/mol. The van der Waals surface area contributed by atoms with Gasteiger partial charge >= 0.3 is 5.97 Å². The van der Waals surface area contributed by atoms with E-state index in [1.165, 1.54) is 0 Å². The fourth-order valence-electron chi connectivity index (χ4n) is 2.30. The number of benzene rings is 2. The molecule has 0 amide bonds. The van der Waals surface area contributed by atoms with E-state index in [1.54, 1.807) is 6.92 Å². The zero-order valence-electron chi connectivity index (χ0n) is 13.1. The third-order valence-corrected chi connectivity index (χ3v) is 3.57. The summed E-state index contributed by atoms with van der Waals surface area (Å²) in [5, 5.41) is 10.5. The van der Waals surface area contributed by atoms with Crippen molar-refractivity contribution in [2.24, 2.45) is 0 Å². The number of rotatable bonds is 6. The van der Waals surface area contributed by atoms with Gasteiger partial charge in [0.2, 0.25) is 0 Å². The first-order valence-electron chi connectivity index (χ1n) is 7.57. The molecule has 0 heterocycles. The summed E-state index contributed by atoms with van der Waals surface area (Å²) in [6, 6.07) is 17.7. The summed E-state index contributed by atoms with van der Waals surface area (Å²) >= 11 is 0. The maximum Gasteiger partial charge on any atom is 0.309 e. The molecule has 0 saturated carbocycles. The highest BCUT2D eigenvalue weighted by Crippen LogP contribution is 2.27. The standard InChI is InChI=1S/C19H22O3/c1-3-13-22-18(20)14-19(2,21)17-11-9-16(10-12-17)15-7-5-4-6-8-15/h4-12,21H,3,13-14H2,1-2H3. The number of carbonyl (C=O) groups is 1. The molecule has 0 aliphatic rings. The number of hydrogen-bond acceptors (Lipinski definition) is 3. The Labute approximate surface area is 131 Å². The maximum absolute atomic E-state index is 11.7. The molecule has 1 N–H and O–H groups in total. The molecule has 0 aliphatic carbocycles. The lowest BCUT2D eigenvalue weighted by atomic mass is 9.91. The SMILES string of the molecule is CCCOC(=O)CC(C)(O)c1ccc(-c2ccccc2)cc1. The molecule has 2 aromatic carbocycles. The van der Waals surface area contributed by atoms with Gasteiger partial charge in [-0.2, -0.15) is 0 Å². The Morgan fingerprint density at radius 2 is 1.64 bits per heavy atom. The number of hydrogen-bond donors (Lipinski definition) is 1. The van der Waals surface area contributed by atoms with Crippen molar-refractivity contribution >= 4 is 5.97 Å². The van der Waals surface area contributed by atoms with Crippen LogP contribution in [-0.4, -0.2) is 17.7 Å². The molecule has 0 saturated heterocycles. The van der Waals surface area contributed by atoms with E-state index in [0.717, 1.165) is 17.5 Å². The highest BCUT2D eigenvalue weighted by molar-refractivity contribution is 5.71. The Morgan fingerprint density at radius 3 is 2.23 bits per heavy atom. The van der Waals surface area contributed by atoms with E-state index in [1.807, 2.05) is 61.5 Å². The highest BCUT2D eigenvalue weighted by atomic mass is 16.5. The molecule has 0 bridgehead atoms. The van der Waals surface area contributed by atoms with Gasteiger partial charge in [0, 0.05) is 0 Å². The molecular formula is C19H22O3. The van der Waals surface area contributed by atoms with Crippen molar-refractivity contribution in [2.75, 3.05) is 6.61 Å². The molecule has 0 aliphatic heterocycles. The lowest BCUT2D eigenvalue weighted by Gasteiger charge is -2.23. The Balaban J connectivity index is 2.10. The van der Waals surface area contributed by atoms with Crippen LogP contribution in [0.15, 0.2) is 54.6 Å². The maximum atomic E-state index is 11.7. The van der Waals surface area contributed by atoms with Gasteiger partial charge < -0.3 is 9.84 Å². The molecule has 2 rings (SSSR count). The number of esters is 1. The molecule has 22 heavy (non-hydrogen) atoms. The Bertz CT molecular complexity index is 600. The largest absolute Gasteiger partial charge is 0.466 e. The van der Waals surface area contributed by atoms with Crippen LogP contribution in [0.5, 0.6) is 0 Å². The predicted molar refractivity (Wildman–Crippen MR) is 87.3 cm³/mol. The molecule has 1 unspecified atom stereocenters. The van der Waals surface area contributed by atoms with Crippen LogP contribution in [0.1, 0.15) is 32.3 Å². The van der Waals surface area contributed by atoms with Crippen molar-refractivity contribution in [1.82, 2.24) is 0 Å². The minimum atomic E-state index is -1.22. The van der Waals surface area contributed by atoms with Crippen LogP contribution in [0.25, 0.3) is 11.1 Å². The van der Waals surface area contributed by atoms with E-state index in [2.05, 4.69) is 0 Å². The second-order valence-corrected chi connectivity index (χ2v) is 5.61. The summed E-state index contributed by atoms with van der Waals surface area (Å²) < 4.78 is 5.04. The summed E-state index contributed by atoms with van der Waals surface area (Å²) in [6.45, 7) is 3.97. The molecule has 1 atom stereocenters. The highest BCUT2D eigenvalue weighted by Gasteiger charge is 2.27. The third-order valence-electron chi connectivity index (χ3n) is 3.57. The van der Waals surface area contributed by atoms with E-state index >= 15 is 0 Å². The van der Waals surface area contributed by atoms with E-state index < -0.39 is 5.60 Å². The van der Waals surface area contributed by atoms with Crippen LogP contribution in [0, 0.1) is 0 Å². The normalized spacial score (nSPS) is 13.4. The number of ether oxygens (including phenoxy) is 1. The van der Waals surface area contributed by atoms with Gasteiger partial charge in [-0.3, -0.25) is 4.79 Å². The fourth-order valence-corrected chi connectivity index (χ4v) is 2.30. The summed E-state index contributed by atoms with van der Waals surface area (Å²) in [4.78, 5) is 11.7. The van der Waals surface area contributed by atoms with E-state index in [9.17, 15) is 9.90 Å². The predicted octanol–water partition coefficient (Wildman–Crippen LogP) is 3.90. The smallest absolute Gasteiger partial charge is 0.309 e. The lowest BCUT2D eigenvalue weighted by Crippen LogP contribution is -2.26. The molecule has 2 aromatic rings. The first-order chi connectivity index (χ1) is 10.5. The number of aliphatic hydroxyl groups is 1. The average molecular weight is 298 g/mol. The van der Waals surface area contributed by atoms with Crippen molar-refractivity contribution in [3.8, 4) is 11.1 Å². The summed E-state index contributed by atoms with van der Waals surface area (Å²) in [7, 11) is 0. The van der Waals surface area contributed by atoms with Gasteiger partial charge in [-0.05, 0) is 30.0 Å². The molecule has 0 radical (unpaired) electrons. The summed E-state index contributed by atoms with van der Waals surface area (Å²) in [6.07, 6.45) is 0.733. The zero-order chi connectivity index (χ0) is 16.0. The molecular weight excluding hydrogens is 276 g/mol. The minimum absolute atomic E-state index is 0.0440. The van der Waals surface area contributed by atoms with Crippen molar-refractivity contribution in [3.63, 3.8) is 0 Å². The first-order valence-corrected chi connectivity index (χ1v) is 7.57. The number of carbonyl (C=O) groups excluding carboxylic acids is 1. The van der Waals surface area contributed by atoms with Crippen molar-refractivity contribution in [2.45, 2.75) is 32.3 Å². The van der Waals surface area contributed by atoms with Crippen molar-refractivity contribution < 1.29 is 14.6 Å². The van der Waals surface area contributed by atoms with Crippen LogP contribution in [-0.2, 0) is 15.1 Å². The van der Waals surface area contributed by atoms with E-state index in [-0.39, 0.29) is 12.4 Å². The topological polar surface area (TPSA) is 46.5 Å². The molecule has 0 spiro atoms. The van der Waals surface area contributed by atoms with Crippen LogP contribution in [0.3, 0.4) is 0 Å². The second kappa shape index (κ2) is 7.23. The Kier molecular flexibility index (Phi) is 5.34. The lowest BCUT2D eigenvalue weighted by molar-refractivity contribution is -0.149. The van der Waals surface area contributed by atoms with Gasteiger partial charge in [0.15, 0.2) is 0 Å². The molecule has 116 valence electrons. The molecule has 3 heteroatoms. The van der Waals surface area contributed by atoms with Crippen LogP contribution < -0.4 is 0 Å². The summed E-state index contributed by atoms with van der Waals surface area (Å²) in [5.74, 6) is -0.376. The van der Waals surface area contributed by atoms with Crippen molar-refractivity contribution in [1.29, 1.82) is 0 Å². The van der Waals surface area contributed by atoms with Gasteiger partial charge in [-0.15, -0.1) is 0 Å². The Hall–Kier alpha value is -2.13. The van der Waals surface area contributed by atoms with Crippen LogP contribution >= 0.6 is 0 Å². The van der Waals surface area contributed by atoms with E-state index in [4.69, 9.17) is 4.74 Å². The molecule has 3 nitrogen and oxygen atoms in total. The Morgan fingerprint density at radius 1 is 1.05 bits per heavy atom. The van der Waals surface area contributed by atoms with E-state index in [0.29, 0.717) is 12.2 Å². The fraction of sp³-hybridized carbons (Fsp3) is 0.316. The minimum Gasteiger partial charge on any atom is -0.466 e. The van der Waals surface area contributed by atoms with Crippen LogP contribution in [0.2, 0.25) is 0 Å². The third kappa shape index (κ3) is 4.18. The van der Waals surface area contributed by atoms with Gasteiger partial charge in [0.05, 0.1) is 18.6 Å². The van der Waals surface area contributed by atoms with Gasteiger partial charge in [0.25, 0.3) is 0 Å². The molecule has 0 aromatic heterocycles. The summed E-state index contributed by atoms with van der Waals surface area (Å²) in [5.41, 5.74) is 1.69. The first kappa shape index (κ1) is 16.2. The van der Waals surface area contributed by atoms with Gasteiger partial charge in [0.1, 0.15) is 0 Å². The zero-order valence-corrected chi connectivity index (χ0v) is 13.1. The van der Waals surface area contributed by atoms with Gasteiger partial charge in [-0.1, -0.05) is 61.5 Å². The average Bonchev–Trinajstić information content (AvgIpc) is 2.53. The quantitative estimate of drug-likeness (QED) is 0.823.